The van der Waals surface area contributed by atoms with E-state index in [0.29, 0.717) is 18.1 Å². The molecule has 130 valence electrons. The van der Waals surface area contributed by atoms with Crippen molar-refractivity contribution in [3.05, 3.63) is 17.5 Å². The van der Waals surface area contributed by atoms with Crippen LogP contribution >= 0.6 is 0 Å². The molecule has 24 heavy (non-hydrogen) atoms. The van der Waals surface area contributed by atoms with Gasteiger partial charge in [-0.2, -0.15) is 0 Å². The molecule has 3 saturated carbocycles. The topological polar surface area (TPSA) is 92.4 Å². The zero-order chi connectivity index (χ0) is 17.3. The van der Waals surface area contributed by atoms with E-state index < -0.39 is 16.8 Å². The van der Waals surface area contributed by atoms with Gasteiger partial charge in [0.2, 0.25) is 5.91 Å². The van der Waals surface area contributed by atoms with Gasteiger partial charge in [0.25, 0.3) is 0 Å². The van der Waals surface area contributed by atoms with Crippen molar-refractivity contribution >= 4 is 11.9 Å². The van der Waals surface area contributed by atoms with Gasteiger partial charge in [-0.15, -0.1) is 0 Å². The van der Waals surface area contributed by atoms with Crippen LogP contribution in [0.25, 0.3) is 0 Å². The lowest BCUT2D eigenvalue weighted by Crippen LogP contribution is -2.54. The maximum atomic E-state index is 13.0. The Morgan fingerprint density at radius 2 is 2.04 bits per heavy atom. The van der Waals surface area contributed by atoms with Gasteiger partial charge >= 0.3 is 5.97 Å². The predicted octanol–water partition coefficient (Wildman–Crippen LogP) is 2.41. The van der Waals surface area contributed by atoms with E-state index in [1.165, 1.54) is 0 Å². The molecule has 3 aliphatic rings. The standard InChI is InChI=1S/C18H24N2O4/c1-10-8-13(24-20-10)17(6-7-17)14(21)19-12-9-11-4-5-18(12,15(22)23)16(11,2)3/h8,11-12H,4-7,9H2,1-3H3,(H,19,21)(H,22,23). The molecule has 0 aromatic carbocycles. The Hall–Kier alpha value is -1.85. The average Bonchev–Trinajstić information content (AvgIpc) is 3.09. The van der Waals surface area contributed by atoms with Crippen molar-refractivity contribution in [1.29, 1.82) is 0 Å². The Labute approximate surface area is 141 Å². The molecule has 2 bridgehead atoms. The highest BCUT2D eigenvalue weighted by Crippen LogP contribution is 2.66. The Kier molecular flexibility index (Phi) is 3.01. The maximum absolute atomic E-state index is 13.0. The van der Waals surface area contributed by atoms with Crippen LogP contribution in [0.2, 0.25) is 0 Å². The summed E-state index contributed by atoms with van der Waals surface area (Å²) in [6, 6.07) is 1.50. The Morgan fingerprint density at radius 3 is 2.54 bits per heavy atom. The van der Waals surface area contributed by atoms with E-state index in [1.54, 1.807) is 0 Å². The van der Waals surface area contributed by atoms with Gasteiger partial charge in [-0.1, -0.05) is 19.0 Å². The fourth-order valence-electron chi connectivity index (χ4n) is 5.28. The van der Waals surface area contributed by atoms with E-state index in [9.17, 15) is 14.7 Å². The summed E-state index contributed by atoms with van der Waals surface area (Å²) in [6.07, 6.45) is 3.77. The second kappa shape index (κ2) is 4.61. The quantitative estimate of drug-likeness (QED) is 0.883. The number of hydrogen-bond donors (Lipinski definition) is 2. The lowest BCUT2D eigenvalue weighted by Gasteiger charge is -2.39. The molecule has 0 saturated heterocycles. The third-order valence-electron chi connectivity index (χ3n) is 7.14. The van der Waals surface area contributed by atoms with Crippen molar-refractivity contribution in [2.75, 3.05) is 0 Å². The summed E-state index contributed by atoms with van der Waals surface area (Å²) in [5, 5.41) is 17.0. The summed E-state index contributed by atoms with van der Waals surface area (Å²) < 4.78 is 5.33. The smallest absolute Gasteiger partial charge is 0.312 e. The molecule has 2 N–H and O–H groups in total. The van der Waals surface area contributed by atoms with E-state index in [2.05, 4.69) is 10.5 Å². The summed E-state index contributed by atoms with van der Waals surface area (Å²) >= 11 is 0. The Balaban J connectivity index is 1.60. The van der Waals surface area contributed by atoms with E-state index in [4.69, 9.17) is 4.52 Å². The molecule has 0 radical (unpaired) electrons. The molecule has 0 spiro atoms. The van der Waals surface area contributed by atoms with Gasteiger partial charge in [-0.05, 0) is 50.4 Å². The molecular weight excluding hydrogens is 308 g/mol. The number of amides is 1. The monoisotopic (exact) mass is 332 g/mol. The molecule has 4 rings (SSSR count). The number of aromatic nitrogens is 1. The predicted molar refractivity (Wildman–Crippen MR) is 85.3 cm³/mol. The summed E-state index contributed by atoms with van der Waals surface area (Å²) in [6.45, 7) is 5.91. The first kappa shape index (κ1) is 15.7. The highest BCUT2D eigenvalue weighted by Gasteiger charge is 2.69. The fourth-order valence-corrected chi connectivity index (χ4v) is 5.28. The van der Waals surface area contributed by atoms with Crippen molar-refractivity contribution in [1.82, 2.24) is 10.5 Å². The Morgan fingerprint density at radius 1 is 1.33 bits per heavy atom. The molecular formula is C18H24N2O4. The maximum Gasteiger partial charge on any atom is 0.312 e. The van der Waals surface area contributed by atoms with Crippen LogP contribution in [0, 0.1) is 23.7 Å². The zero-order valence-electron chi connectivity index (χ0n) is 14.4. The highest BCUT2D eigenvalue weighted by molar-refractivity contribution is 5.91. The average molecular weight is 332 g/mol. The number of carbonyl (C=O) groups excluding carboxylic acids is 1. The number of aryl methyl sites for hydroxylation is 1. The van der Waals surface area contributed by atoms with Crippen LogP contribution in [-0.2, 0) is 15.0 Å². The first-order chi connectivity index (χ1) is 11.2. The molecule has 0 aliphatic heterocycles. The summed E-state index contributed by atoms with van der Waals surface area (Å²) in [5.74, 6) is 0.0663. The third kappa shape index (κ3) is 1.74. The molecule has 1 aromatic heterocycles. The van der Waals surface area contributed by atoms with Crippen LogP contribution in [-0.4, -0.2) is 28.2 Å². The van der Waals surface area contributed by atoms with Gasteiger partial charge < -0.3 is 14.9 Å². The second-order valence-electron chi connectivity index (χ2n) is 8.41. The number of fused-ring (bicyclic) bond motifs is 2. The van der Waals surface area contributed by atoms with Crippen LogP contribution in [0.4, 0.5) is 0 Å². The van der Waals surface area contributed by atoms with Crippen LogP contribution in [0.1, 0.15) is 57.4 Å². The lowest BCUT2D eigenvalue weighted by atomic mass is 9.67. The summed E-state index contributed by atoms with van der Waals surface area (Å²) in [4.78, 5) is 25.1. The lowest BCUT2D eigenvalue weighted by molar-refractivity contribution is -0.156. The molecule has 1 aromatic rings. The molecule has 1 amide bonds. The van der Waals surface area contributed by atoms with Crippen LogP contribution in [0.5, 0.6) is 0 Å². The number of nitrogens with zero attached hydrogens (tertiary/aromatic N) is 1. The summed E-state index contributed by atoms with van der Waals surface area (Å²) in [7, 11) is 0. The molecule has 1 heterocycles. The minimum Gasteiger partial charge on any atom is -0.481 e. The molecule has 3 fully saturated rings. The fraction of sp³-hybridized carbons (Fsp3) is 0.722. The SMILES string of the molecule is Cc1cc(C2(C(=O)NC3CC4CCC3(C(=O)O)C4(C)C)CC2)on1. The van der Waals surface area contributed by atoms with Crippen molar-refractivity contribution < 1.29 is 19.2 Å². The van der Waals surface area contributed by atoms with E-state index >= 15 is 0 Å². The number of aliphatic carboxylic acids is 1. The molecule has 3 atom stereocenters. The number of carboxylic acid groups (broad SMARTS) is 1. The second-order valence-corrected chi connectivity index (χ2v) is 8.41. The van der Waals surface area contributed by atoms with Crippen molar-refractivity contribution in [2.24, 2.45) is 16.7 Å². The van der Waals surface area contributed by atoms with Crippen LogP contribution in [0.15, 0.2) is 10.6 Å². The third-order valence-corrected chi connectivity index (χ3v) is 7.14. The first-order valence-electron chi connectivity index (χ1n) is 8.72. The van der Waals surface area contributed by atoms with Gasteiger partial charge in [0.05, 0.1) is 11.1 Å². The molecule has 6 heteroatoms. The van der Waals surface area contributed by atoms with Crippen LogP contribution < -0.4 is 5.32 Å². The molecule has 3 unspecified atom stereocenters. The molecule has 6 nitrogen and oxygen atoms in total. The molecule has 3 aliphatic carbocycles. The van der Waals surface area contributed by atoms with E-state index in [1.807, 2.05) is 26.8 Å². The van der Waals surface area contributed by atoms with Gasteiger partial charge in [-0.3, -0.25) is 9.59 Å². The van der Waals surface area contributed by atoms with Crippen molar-refractivity contribution in [2.45, 2.75) is 64.3 Å². The minimum absolute atomic E-state index is 0.104. The number of carbonyl (C=O) groups is 2. The van der Waals surface area contributed by atoms with Gasteiger partial charge in [-0.25, -0.2) is 0 Å². The van der Waals surface area contributed by atoms with Crippen LogP contribution in [0.3, 0.4) is 0 Å². The van der Waals surface area contributed by atoms with E-state index in [0.717, 1.165) is 31.4 Å². The van der Waals surface area contributed by atoms with Gasteiger partial charge in [0.1, 0.15) is 5.41 Å². The normalized spacial score (nSPS) is 35.0. The highest BCUT2D eigenvalue weighted by atomic mass is 16.5. The number of carboxylic acids is 1. The zero-order valence-corrected chi connectivity index (χ0v) is 14.4. The number of hydrogen-bond acceptors (Lipinski definition) is 4. The Bertz CT molecular complexity index is 718. The number of nitrogens with one attached hydrogen (secondary N) is 1. The van der Waals surface area contributed by atoms with Crippen molar-refractivity contribution in [3.8, 4) is 0 Å². The first-order valence-corrected chi connectivity index (χ1v) is 8.72. The largest absolute Gasteiger partial charge is 0.481 e. The minimum atomic E-state index is -0.860. The summed E-state index contributed by atoms with van der Waals surface area (Å²) in [5.41, 5.74) is -1.04. The van der Waals surface area contributed by atoms with Gasteiger partial charge in [0.15, 0.2) is 5.76 Å². The van der Waals surface area contributed by atoms with E-state index in [-0.39, 0.29) is 17.4 Å². The number of rotatable bonds is 4. The van der Waals surface area contributed by atoms with Gasteiger partial charge in [0, 0.05) is 12.1 Å². The van der Waals surface area contributed by atoms with Crippen molar-refractivity contribution in [3.63, 3.8) is 0 Å².